The quantitative estimate of drug-likeness (QED) is 0.280. The van der Waals surface area contributed by atoms with Gasteiger partial charge >= 0.3 is 0 Å². The van der Waals surface area contributed by atoms with E-state index in [-0.39, 0.29) is 35.4 Å². The number of rotatable bonds is 9. The van der Waals surface area contributed by atoms with Gasteiger partial charge in [0.05, 0.1) is 36.6 Å². The molecule has 0 aliphatic carbocycles. The summed E-state index contributed by atoms with van der Waals surface area (Å²) >= 11 is 1.51. The largest absolute Gasteiger partial charge is 0.497 e. The van der Waals surface area contributed by atoms with E-state index in [1.54, 1.807) is 23.8 Å². The normalized spacial score (nSPS) is 15.6. The molecule has 2 atom stereocenters. The fourth-order valence-electron chi connectivity index (χ4n) is 4.93. The number of anilines is 1. The average molecular weight is 571 g/mol. The molecule has 8 nitrogen and oxygen atoms in total. The van der Waals surface area contributed by atoms with Crippen LogP contribution in [0.15, 0.2) is 78.9 Å². The molecule has 41 heavy (non-hydrogen) atoms. The van der Waals surface area contributed by atoms with Crippen molar-refractivity contribution in [2.75, 3.05) is 31.4 Å². The molecule has 3 aromatic carbocycles. The van der Waals surface area contributed by atoms with Gasteiger partial charge in [-0.2, -0.15) is 5.10 Å². The molecule has 5 rings (SSSR count). The van der Waals surface area contributed by atoms with Crippen LogP contribution in [-0.2, 0) is 9.59 Å². The Morgan fingerprint density at radius 1 is 1.02 bits per heavy atom. The standard InChI is InChI=1S/C32H34N4O4S/c1-5-21(2)33-27(37)19-35-28(38)20-41-31(25-13-9-10-14-26(25)40-4)29-30(22-11-7-6-8-12-22)34-36(32(29)35)23-15-17-24(39-3)18-16-23/h6-18,21,31H,5,19-20H2,1-4H3,(H,33,37)/t21-,31+/m0/s1. The molecule has 4 aromatic rings. The van der Waals surface area contributed by atoms with Gasteiger partial charge in [0.2, 0.25) is 11.8 Å². The summed E-state index contributed by atoms with van der Waals surface area (Å²) in [5.41, 5.74) is 4.18. The van der Waals surface area contributed by atoms with Gasteiger partial charge in [0.1, 0.15) is 23.9 Å². The first-order valence-corrected chi connectivity index (χ1v) is 14.7. The van der Waals surface area contributed by atoms with Gasteiger partial charge in [0.15, 0.2) is 0 Å². The second-order valence-electron chi connectivity index (χ2n) is 9.85. The molecule has 2 heterocycles. The van der Waals surface area contributed by atoms with Crippen LogP contribution in [0.5, 0.6) is 11.5 Å². The molecule has 0 saturated heterocycles. The number of fused-ring (bicyclic) bond motifs is 1. The number of amides is 2. The van der Waals surface area contributed by atoms with E-state index in [0.717, 1.165) is 40.2 Å². The smallest absolute Gasteiger partial charge is 0.240 e. The molecule has 0 unspecified atom stereocenters. The fourth-order valence-corrected chi connectivity index (χ4v) is 6.15. The molecule has 0 fully saturated rings. The zero-order valence-electron chi connectivity index (χ0n) is 23.7. The Hall–Kier alpha value is -4.24. The van der Waals surface area contributed by atoms with Crippen LogP contribution < -0.4 is 19.7 Å². The van der Waals surface area contributed by atoms with Crippen molar-refractivity contribution < 1.29 is 19.1 Å². The summed E-state index contributed by atoms with van der Waals surface area (Å²) in [5.74, 6) is 1.80. The summed E-state index contributed by atoms with van der Waals surface area (Å²) in [5, 5.41) is 7.86. The van der Waals surface area contributed by atoms with Crippen molar-refractivity contribution in [2.24, 2.45) is 0 Å². The summed E-state index contributed by atoms with van der Waals surface area (Å²) < 4.78 is 12.9. The maximum Gasteiger partial charge on any atom is 0.240 e. The molecular formula is C32H34N4O4S. The lowest BCUT2D eigenvalue weighted by Gasteiger charge is -2.24. The minimum absolute atomic E-state index is 0.00821. The highest BCUT2D eigenvalue weighted by Crippen LogP contribution is 2.50. The Labute approximate surface area is 244 Å². The number of hydrogen-bond acceptors (Lipinski definition) is 6. The third-order valence-electron chi connectivity index (χ3n) is 7.20. The topological polar surface area (TPSA) is 85.7 Å². The van der Waals surface area contributed by atoms with Crippen LogP contribution in [0.25, 0.3) is 16.9 Å². The average Bonchev–Trinajstić information content (AvgIpc) is 3.34. The van der Waals surface area contributed by atoms with Gasteiger partial charge < -0.3 is 14.8 Å². The van der Waals surface area contributed by atoms with E-state index in [1.807, 2.05) is 92.7 Å². The Morgan fingerprint density at radius 2 is 1.73 bits per heavy atom. The van der Waals surface area contributed by atoms with E-state index >= 15 is 0 Å². The Bertz CT molecular complexity index is 1520. The van der Waals surface area contributed by atoms with E-state index in [1.165, 1.54) is 11.8 Å². The lowest BCUT2D eigenvalue weighted by Crippen LogP contribution is -2.44. The number of nitrogens with zero attached hydrogens (tertiary/aromatic N) is 3. The highest BCUT2D eigenvalue weighted by molar-refractivity contribution is 8.00. The van der Waals surface area contributed by atoms with Gasteiger partial charge in [0.25, 0.3) is 0 Å². The molecule has 9 heteroatoms. The number of thioether (sulfide) groups is 1. The number of methoxy groups -OCH3 is 2. The van der Waals surface area contributed by atoms with Crippen LogP contribution in [0.1, 0.15) is 36.6 Å². The highest BCUT2D eigenvalue weighted by atomic mass is 32.2. The summed E-state index contributed by atoms with van der Waals surface area (Å²) in [4.78, 5) is 28.7. The summed E-state index contributed by atoms with van der Waals surface area (Å²) in [6, 6.07) is 25.3. The van der Waals surface area contributed by atoms with Gasteiger partial charge in [-0.05, 0) is 43.7 Å². The molecule has 0 radical (unpaired) electrons. The third-order valence-corrected chi connectivity index (χ3v) is 8.43. The van der Waals surface area contributed by atoms with E-state index in [4.69, 9.17) is 14.6 Å². The van der Waals surface area contributed by atoms with Crippen LogP contribution >= 0.6 is 11.8 Å². The Kier molecular flexibility index (Phi) is 8.64. The van der Waals surface area contributed by atoms with Gasteiger partial charge in [-0.3, -0.25) is 14.5 Å². The zero-order valence-corrected chi connectivity index (χ0v) is 24.5. The number of ether oxygens (including phenoxy) is 2. The minimum Gasteiger partial charge on any atom is -0.497 e. The van der Waals surface area contributed by atoms with Crippen molar-refractivity contribution in [2.45, 2.75) is 31.6 Å². The third kappa shape index (κ3) is 5.81. The number of aromatic nitrogens is 2. The van der Waals surface area contributed by atoms with E-state index < -0.39 is 0 Å². The molecule has 0 spiro atoms. The van der Waals surface area contributed by atoms with Gasteiger partial charge in [-0.25, -0.2) is 4.68 Å². The molecule has 1 aromatic heterocycles. The number of para-hydroxylation sites is 1. The van der Waals surface area contributed by atoms with Crippen molar-refractivity contribution in [1.82, 2.24) is 15.1 Å². The van der Waals surface area contributed by atoms with Crippen LogP contribution in [0.4, 0.5) is 5.82 Å². The lowest BCUT2D eigenvalue weighted by atomic mass is 9.99. The van der Waals surface area contributed by atoms with Crippen molar-refractivity contribution in [1.29, 1.82) is 0 Å². The van der Waals surface area contributed by atoms with E-state index in [0.29, 0.717) is 11.6 Å². The molecular weight excluding hydrogens is 536 g/mol. The predicted molar refractivity (Wildman–Crippen MR) is 163 cm³/mol. The van der Waals surface area contributed by atoms with Crippen molar-refractivity contribution >= 4 is 29.4 Å². The van der Waals surface area contributed by atoms with Crippen molar-refractivity contribution in [3.8, 4) is 28.4 Å². The predicted octanol–water partition coefficient (Wildman–Crippen LogP) is 5.64. The lowest BCUT2D eigenvalue weighted by molar-refractivity contribution is -0.123. The molecule has 1 aliphatic heterocycles. The molecule has 0 bridgehead atoms. The molecule has 1 N–H and O–H groups in total. The van der Waals surface area contributed by atoms with Gasteiger partial charge in [-0.1, -0.05) is 55.5 Å². The molecule has 212 valence electrons. The maximum atomic E-state index is 13.9. The van der Waals surface area contributed by atoms with Gasteiger partial charge in [0, 0.05) is 22.7 Å². The number of carbonyl (C=O) groups is 2. The summed E-state index contributed by atoms with van der Waals surface area (Å²) in [6.45, 7) is 3.85. The highest BCUT2D eigenvalue weighted by Gasteiger charge is 2.38. The van der Waals surface area contributed by atoms with Crippen molar-refractivity contribution in [3.63, 3.8) is 0 Å². The maximum absolute atomic E-state index is 13.9. The first kappa shape index (κ1) is 28.3. The van der Waals surface area contributed by atoms with E-state index in [2.05, 4.69) is 5.32 Å². The second kappa shape index (κ2) is 12.5. The number of carbonyl (C=O) groups excluding carboxylic acids is 2. The SMILES string of the molecule is CC[C@H](C)NC(=O)CN1C(=O)CS[C@H](c2ccccc2OC)c2c(-c3ccccc3)nn(-c3ccc(OC)cc3)c21. The van der Waals surface area contributed by atoms with E-state index in [9.17, 15) is 9.59 Å². The van der Waals surface area contributed by atoms with Crippen LogP contribution in [-0.4, -0.2) is 54.2 Å². The second-order valence-corrected chi connectivity index (χ2v) is 10.9. The van der Waals surface area contributed by atoms with Crippen molar-refractivity contribution in [3.05, 3.63) is 90.0 Å². The summed E-state index contributed by atoms with van der Waals surface area (Å²) in [7, 11) is 3.27. The minimum atomic E-state index is -0.282. The fraction of sp³-hybridized carbons (Fsp3) is 0.281. The van der Waals surface area contributed by atoms with Crippen LogP contribution in [0.2, 0.25) is 0 Å². The van der Waals surface area contributed by atoms with Crippen LogP contribution in [0, 0.1) is 0 Å². The first-order valence-electron chi connectivity index (χ1n) is 13.6. The monoisotopic (exact) mass is 570 g/mol. The number of nitrogens with one attached hydrogen (secondary N) is 1. The molecule has 2 amide bonds. The first-order chi connectivity index (χ1) is 19.9. The number of benzene rings is 3. The Morgan fingerprint density at radius 3 is 2.41 bits per heavy atom. The zero-order chi connectivity index (χ0) is 28.9. The summed E-state index contributed by atoms with van der Waals surface area (Å²) in [6.07, 6.45) is 0.790. The number of hydrogen-bond donors (Lipinski definition) is 1. The molecule has 0 saturated carbocycles. The molecule has 1 aliphatic rings. The van der Waals surface area contributed by atoms with Gasteiger partial charge in [-0.15, -0.1) is 11.8 Å². The Balaban J connectivity index is 1.79. The van der Waals surface area contributed by atoms with Crippen LogP contribution in [0.3, 0.4) is 0 Å².